The molecule has 9 nitrogen and oxygen atoms in total. The highest BCUT2D eigenvalue weighted by molar-refractivity contribution is 5.94. The Bertz CT molecular complexity index is 943. The molecule has 0 aliphatic carbocycles. The average Bonchev–Trinajstić information content (AvgIpc) is 3.12. The third-order valence-corrected chi connectivity index (χ3v) is 5.10. The van der Waals surface area contributed by atoms with Gasteiger partial charge in [-0.05, 0) is 63.3 Å². The Morgan fingerprint density at radius 2 is 1.79 bits per heavy atom. The fourth-order valence-corrected chi connectivity index (χ4v) is 3.67. The molecule has 0 saturated heterocycles. The molecule has 0 bridgehead atoms. The van der Waals surface area contributed by atoms with Gasteiger partial charge in [0.1, 0.15) is 5.82 Å². The Kier molecular flexibility index (Phi) is 9.51. The molecular weight excluding hydrogens is 431 g/mol. The number of amides is 1. The van der Waals surface area contributed by atoms with Crippen LogP contribution in [-0.2, 0) is 16.1 Å². The molecule has 2 atom stereocenters. The van der Waals surface area contributed by atoms with Gasteiger partial charge in [0, 0.05) is 17.3 Å². The van der Waals surface area contributed by atoms with Crippen molar-refractivity contribution in [1.82, 2.24) is 15.1 Å². The number of rotatable bonds is 11. The highest BCUT2D eigenvalue weighted by atomic mass is 19.1. The van der Waals surface area contributed by atoms with Crippen LogP contribution in [0.4, 0.5) is 4.39 Å². The lowest BCUT2D eigenvalue weighted by atomic mass is 9.95. The second-order valence-corrected chi connectivity index (χ2v) is 8.66. The number of benzene rings is 1. The van der Waals surface area contributed by atoms with Gasteiger partial charge in [-0.3, -0.25) is 9.59 Å². The van der Waals surface area contributed by atoms with Gasteiger partial charge >= 0.3 is 5.97 Å². The summed E-state index contributed by atoms with van der Waals surface area (Å²) in [6, 6.07) is 5.68. The van der Waals surface area contributed by atoms with Gasteiger partial charge in [-0.15, -0.1) is 0 Å². The van der Waals surface area contributed by atoms with E-state index in [0.717, 1.165) is 5.56 Å². The molecule has 1 amide bonds. The van der Waals surface area contributed by atoms with Crippen molar-refractivity contribution >= 4 is 11.9 Å². The van der Waals surface area contributed by atoms with Gasteiger partial charge in [0.2, 0.25) is 0 Å². The van der Waals surface area contributed by atoms with E-state index in [9.17, 15) is 24.2 Å². The van der Waals surface area contributed by atoms with Crippen LogP contribution in [0.3, 0.4) is 0 Å². The van der Waals surface area contributed by atoms with E-state index in [1.807, 2.05) is 27.7 Å². The van der Waals surface area contributed by atoms with Crippen LogP contribution in [0.1, 0.15) is 74.6 Å². The van der Waals surface area contributed by atoms with Gasteiger partial charge < -0.3 is 20.4 Å². The highest BCUT2D eigenvalue weighted by Gasteiger charge is 2.27. The van der Waals surface area contributed by atoms with Gasteiger partial charge in [-0.1, -0.05) is 13.8 Å². The van der Waals surface area contributed by atoms with E-state index in [1.165, 1.54) is 12.1 Å². The van der Waals surface area contributed by atoms with Crippen LogP contribution >= 0.6 is 0 Å². The minimum Gasteiger partial charge on any atom is -0.393 e. The zero-order valence-electron chi connectivity index (χ0n) is 19.4. The molecular formula is C23H33FN4O5. The van der Waals surface area contributed by atoms with Crippen LogP contribution in [-0.4, -0.2) is 50.1 Å². The lowest BCUT2D eigenvalue weighted by Crippen LogP contribution is -2.31. The zero-order chi connectivity index (χ0) is 24.7. The highest BCUT2D eigenvalue weighted by Crippen LogP contribution is 2.28. The van der Waals surface area contributed by atoms with E-state index in [2.05, 4.69) is 15.3 Å². The molecule has 2 aromatic rings. The number of aromatic nitrogens is 2. The Morgan fingerprint density at radius 3 is 2.33 bits per heavy atom. The molecule has 33 heavy (non-hydrogen) atoms. The Morgan fingerprint density at radius 1 is 1.15 bits per heavy atom. The molecule has 182 valence electrons. The first-order valence-electron chi connectivity index (χ1n) is 11.0. The molecule has 1 aromatic carbocycles. The second kappa shape index (κ2) is 11.9. The molecule has 1 aromatic heterocycles. The quantitative estimate of drug-likeness (QED) is 0.374. The normalized spacial score (nSPS) is 13.3. The number of nitrogens with two attached hydrogens (primary N) is 1. The van der Waals surface area contributed by atoms with Crippen molar-refractivity contribution < 1.29 is 29.0 Å². The lowest BCUT2D eigenvalue weighted by Gasteiger charge is -2.17. The number of carbonyl (C=O) groups excluding carboxylic acids is 2. The molecule has 0 radical (unpaired) electrons. The third-order valence-electron chi connectivity index (χ3n) is 5.10. The summed E-state index contributed by atoms with van der Waals surface area (Å²) in [6.45, 7) is 7.60. The first kappa shape index (κ1) is 26.4. The van der Waals surface area contributed by atoms with E-state index in [4.69, 9.17) is 5.90 Å². The molecule has 0 fully saturated rings. The fourth-order valence-electron chi connectivity index (χ4n) is 3.67. The van der Waals surface area contributed by atoms with Crippen molar-refractivity contribution in [2.75, 3.05) is 0 Å². The molecule has 2 unspecified atom stereocenters. The van der Waals surface area contributed by atoms with E-state index in [1.54, 1.807) is 16.8 Å². The van der Waals surface area contributed by atoms with Gasteiger partial charge in [0.25, 0.3) is 5.91 Å². The number of nitrogens with zero attached hydrogens (tertiary/aromatic N) is 2. The summed E-state index contributed by atoms with van der Waals surface area (Å²) in [5.74, 6) is 3.25. The van der Waals surface area contributed by atoms with Crippen molar-refractivity contribution in [2.45, 2.75) is 77.5 Å². The molecule has 0 saturated carbocycles. The number of nitrogens with one attached hydrogen (secondary N) is 1. The summed E-state index contributed by atoms with van der Waals surface area (Å²) < 4.78 is 15.1. The number of carbonyl (C=O) groups is 2. The minimum absolute atomic E-state index is 0.0442. The average molecular weight is 465 g/mol. The minimum atomic E-state index is -1.10. The first-order chi connectivity index (χ1) is 15.5. The Labute approximate surface area is 192 Å². The number of hydrogen-bond donors (Lipinski definition) is 4. The van der Waals surface area contributed by atoms with Crippen molar-refractivity contribution in [3.63, 3.8) is 0 Å². The van der Waals surface area contributed by atoms with E-state index in [-0.39, 0.29) is 42.8 Å². The summed E-state index contributed by atoms with van der Waals surface area (Å²) in [7, 11) is 0. The largest absolute Gasteiger partial charge is 0.393 e. The van der Waals surface area contributed by atoms with E-state index < -0.39 is 24.0 Å². The summed E-state index contributed by atoms with van der Waals surface area (Å²) >= 11 is 0. The van der Waals surface area contributed by atoms with Crippen molar-refractivity contribution in [2.24, 2.45) is 5.90 Å². The van der Waals surface area contributed by atoms with Crippen molar-refractivity contribution in [3.8, 4) is 5.69 Å². The van der Waals surface area contributed by atoms with E-state index in [0.29, 0.717) is 17.8 Å². The number of aliphatic hydroxyl groups is 2. The fraction of sp³-hybridized carbons (Fsp3) is 0.522. The number of halogens is 1. The van der Waals surface area contributed by atoms with Crippen LogP contribution in [0.15, 0.2) is 24.3 Å². The maximum atomic E-state index is 13.5. The smallest absolute Gasteiger partial charge is 0.327 e. The summed E-state index contributed by atoms with van der Waals surface area (Å²) in [6.07, 6.45) is -1.81. The molecule has 2 rings (SSSR count). The summed E-state index contributed by atoms with van der Waals surface area (Å²) in [5, 5.41) is 27.8. The topological polar surface area (TPSA) is 140 Å². The van der Waals surface area contributed by atoms with Crippen molar-refractivity contribution in [3.05, 3.63) is 47.0 Å². The van der Waals surface area contributed by atoms with Crippen LogP contribution in [0, 0.1) is 5.82 Å². The standard InChI is InChI=1S/C23H33FN4O5/c1-13(2)21-19(10-9-17(29)11-18(30)12-20(31)33-25)28(16-7-5-15(24)6-8-16)27-22(21)23(32)26-14(3)4/h5-8,13-14,17-18,29-30H,9-12,25H2,1-4H3,(H,26,32). The van der Waals surface area contributed by atoms with Crippen LogP contribution < -0.4 is 11.2 Å². The van der Waals surface area contributed by atoms with Crippen LogP contribution in [0.25, 0.3) is 5.69 Å². The predicted octanol–water partition coefficient (Wildman–Crippen LogP) is 2.12. The molecule has 0 aliphatic rings. The van der Waals surface area contributed by atoms with Crippen LogP contribution in [0.5, 0.6) is 0 Å². The SMILES string of the molecule is CC(C)NC(=O)c1nn(-c2ccc(F)cc2)c(CCC(O)CC(O)CC(=O)ON)c1C(C)C. The summed E-state index contributed by atoms with van der Waals surface area (Å²) in [5.41, 5.74) is 2.30. The third kappa shape index (κ3) is 7.34. The van der Waals surface area contributed by atoms with Crippen molar-refractivity contribution in [1.29, 1.82) is 0 Å². The van der Waals surface area contributed by atoms with Gasteiger partial charge in [-0.2, -0.15) is 11.0 Å². The second-order valence-electron chi connectivity index (χ2n) is 8.66. The molecule has 0 spiro atoms. The lowest BCUT2D eigenvalue weighted by molar-refractivity contribution is -0.146. The molecule has 1 heterocycles. The first-order valence-corrected chi connectivity index (χ1v) is 11.0. The predicted molar refractivity (Wildman–Crippen MR) is 120 cm³/mol. The molecule has 0 aliphatic heterocycles. The van der Waals surface area contributed by atoms with Gasteiger partial charge in [0.15, 0.2) is 5.69 Å². The maximum absolute atomic E-state index is 13.5. The Hall–Kier alpha value is -2.82. The number of aliphatic hydroxyl groups excluding tert-OH is 2. The Balaban J connectivity index is 2.37. The maximum Gasteiger partial charge on any atom is 0.327 e. The summed E-state index contributed by atoms with van der Waals surface area (Å²) in [4.78, 5) is 28.1. The zero-order valence-corrected chi connectivity index (χ0v) is 19.4. The van der Waals surface area contributed by atoms with Gasteiger partial charge in [0.05, 0.1) is 24.3 Å². The van der Waals surface area contributed by atoms with E-state index >= 15 is 0 Å². The van der Waals surface area contributed by atoms with Crippen LogP contribution in [0.2, 0.25) is 0 Å². The molecule has 5 N–H and O–H groups in total. The van der Waals surface area contributed by atoms with Gasteiger partial charge in [-0.25, -0.2) is 9.07 Å². The monoisotopic (exact) mass is 464 g/mol. The number of hydrogen-bond acceptors (Lipinski definition) is 7. The molecule has 10 heteroatoms.